The van der Waals surface area contributed by atoms with Crippen molar-refractivity contribution in [1.29, 1.82) is 0 Å². The van der Waals surface area contributed by atoms with E-state index in [1.54, 1.807) is 0 Å². The Kier molecular flexibility index (Phi) is 2.57. The number of carbonyl (C=O) groups is 1. The molecule has 3 atom stereocenters. The molecule has 4 rings (SSSR count). The summed E-state index contributed by atoms with van der Waals surface area (Å²) in [6, 6.07) is 0. The lowest BCUT2D eigenvalue weighted by atomic mass is 9.49. The number of hydrogen-bond donors (Lipinski definition) is 0. The van der Waals surface area contributed by atoms with Crippen molar-refractivity contribution in [2.45, 2.75) is 51.0 Å². The Morgan fingerprint density at radius 3 is 2.53 bits per heavy atom. The van der Waals surface area contributed by atoms with Gasteiger partial charge in [0, 0.05) is 12.0 Å². The Hall–Kier alpha value is -0.790. The molecule has 0 aromatic carbocycles. The van der Waals surface area contributed by atoms with Gasteiger partial charge in [-0.25, -0.2) is 4.79 Å². The number of ether oxygens (including phenoxy) is 1. The lowest BCUT2D eigenvalue weighted by Gasteiger charge is -2.60. The molecule has 4 fully saturated rings. The van der Waals surface area contributed by atoms with Crippen LogP contribution < -0.4 is 0 Å². The molecular formula is C15H22O2. The van der Waals surface area contributed by atoms with E-state index in [9.17, 15) is 4.79 Å². The van der Waals surface area contributed by atoms with Crippen molar-refractivity contribution < 1.29 is 9.53 Å². The lowest BCUT2D eigenvalue weighted by molar-refractivity contribution is -0.204. The maximum atomic E-state index is 11.6. The molecule has 4 aliphatic rings. The Bertz CT molecular complexity index is 333. The first-order valence-electron chi connectivity index (χ1n) is 7.02. The van der Waals surface area contributed by atoms with E-state index in [1.165, 1.54) is 25.3 Å². The molecule has 0 aliphatic heterocycles. The molecule has 4 saturated carbocycles. The fourth-order valence-electron chi connectivity index (χ4n) is 5.18. The largest absolute Gasteiger partial charge is 0.456 e. The summed E-state index contributed by atoms with van der Waals surface area (Å²) < 4.78 is 5.85. The van der Waals surface area contributed by atoms with Crippen molar-refractivity contribution in [1.82, 2.24) is 0 Å². The summed E-state index contributed by atoms with van der Waals surface area (Å²) in [5.74, 6) is 2.81. The van der Waals surface area contributed by atoms with Crippen molar-refractivity contribution in [2.75, 3.05) is 0 Å². The van der Waals surface area contributed by atoms with Crippen molar-refractivity contribution in [3.63, 3.8) is 0 Å². The molecule has 0 N–H and O–H groups in total. The van der Waals surface area contributed by atoms with E-state index in [0.29, 0.717) is 5.92 Å². The minimum atomic E-state index is -0.217. The highest BCUT2D eigenvalue weighted by Gasteiger charge is 2.58. The first kappa shape index (κ1) is 11.3. The van der Waals surface area contributed by atoms with E-state index in [4.69, 9.17) is 4.74 Å². The normalized spacial score (nSPS) is 46.9. The summed E-state index contributed by atoms with van der Waals surface area (Å²) in [4.78, 5) is 11.6. The highest BCUT2D eigenvalue weighted by molar-refractivity contribution is 5.81. The Balaban J connectivity index is 1.89. The van der Waals surface area contributed by atoms with Gasteiger partial charge < -0.3 is 4.74 Å². The minimum absolute atomic E-state index is 0.130. The zero-order valence-electron chi connectivity index (χ0n) is 10.7. The van der Waals surface area contributed by atoms with E-state index >= 15 is 0 Å². The zero-order chi connectivity index (χ0) is 12.0. The van der Waals surface area contributed by atoms with Crippen molar-refractivity contribution in [3.05, 3.63) is 12.7 Å². The average molecular weight is 234 g/mol. The molecule has 0 heterocycles. The monoisotopic (exact) mass is 234 g/mol. The zero-order valence-corrected chi connectivity index (χ0v) is 10.7. The maximum absolute atomic E-state index is 11.6. The number of esters is 1. The maximum Gasteiger partial charge on any atom is 0.330 e. The molecule has 4 aliphatic carbocycles. The van der Waals surface area contributed by atoms with Crippen LogP contribution in [0.2, 0.25) is 0 Å². The van der Waals surface area contributed by atoms with Crippen LogP contribution in [0.3, 0.4) is 0 Å². The predicted octanol–water partition coefficient (Wildman–Crippen LogP) is 3.32. The molecule has 0 amide bonds. The van der Waals surface area contributed by atoms with Gasteiger partial charge in [-0.1, -0.05) is 13.5 Å². The van der Waals surface area contributed by atoms with Gasteiger partial charge in [-0.3, -0.25) is 0 Å². The average Bonchev–Trinajstić information content (AvgIpc) is 2.27. The molecule has 2 nitrogen and oxygen atoms in total. The standard InChI is InChI=1S/C15H22O2/c1-3-13-12-6-10-5-11(7-12)9-15(13,8-10)17-14(16)4-2/h4,10-13H,2-3,5-9H2,1H3. The molecule has 94 valence electrons. The third-order valence-corrected chi connectivity index (χ3v) is 5.36. The van der Waals surface area contributed by atoms with Crippen LogP contribution in [0.4, 0.5) is 0 Å². The van der Waals surface area contributed by atoms with Crippen LogP contribution in [0.5, 0.6) is 0 Å². The predicted molar refractivity (Wildman–Crippen MR) is 66.4 cm³/mol. The van der Waals surface area contributed by atoms with Gasteiger partial charge in [0.05, 0.1) is 0 Å². The molecule has 0 aromatic heterocycles. The smallest absolute Gasteiger partial charge is 0.330 e. The van der Waals surface area contributed by atoms with E-state index in [2.05, 4.69) is 13.5 Å². The Morgan fingerprint density at radius 2 is 2.00 bits per heavy atom. The first-order valence-corrected chi connectivity index (χ1v) is 7.02. The summed E-state index contributed by atoms with van der Waals surface area (Å²) in [5.41, 5.74) is -0.130. The van der Waals surface area contributed by atoms with Gasteiger partial charge in [0.1, 0.15) is 5.60 Å². The first-order chi connectivity index (χ1) is 8.16. The van der Waals surface area contributed by atoms with Gasteiger partial charge in [-0.05, 0) is 56.3 Å². The molecule has 0 saturated heterocycles. The fraction of sp³-hybridized carbons (Fsp3) is 0.800. The van der Waals surface area contributed by atoms with Crippen molar-refractivity contribution in [2.24, 2.45) is 23.7 Å². The second-order valence-electron chi connectivity index (χ2n) is 6.31. The van der Waals surface area contributed by atoms with Gasteiger partial charge in [-0.2, -0.15) is 0 Å². The topological polar surface area (TPSA) is 26.3 Å². The summed E-state index contributed by atoms with van der Waals surface area (Å²) in [7, 11) is 0. The van der Waals surface area contributed by atoms with Crippen LogP contribution in [-0.4, -0.2) is 11.6 Å². The van der Waals surface area contributed by atoms with Gasteiger partial charge in [0.15, 0.2) is 0 Å². The van der Waals surface area contributed by atoms with E-state index < -0.39 is 0 Å². The Labute approximate surface area is 103 Å². The summed E-state index contributed by atoms with van der Waals surface area (Å²) in [5, 5.41) is 0. The third kappa shape index (κ3) is 1.64. The van der Waals surface area contributed by atoms with Crippen LogP contribution in [0.25, 0.3) is 0 Å². The fourth-order valence-corrected chi connectivity index (χ4v) is 5.18. The van der Waals surface area contributed by atoms with Crippen LogP contribution in [-0.2, 0) is 9.53 Å². The van der Waals surface area contributed by atoms with Crippen molar-refractivity contribution in [3.8, 4) is 0 Å². The van der Waals surface area contributed by atoms with Crippen LogP contribution in [0, 0.1) is 23.7 Å². The SMILES string of the molecule is C=CC(=O)OC12CC3CC(CC(C3)C1CC)C2. The van der Waals surface area contributed by atoms with Crippen molar-refractivity contribution >= 4 is 5.97 Å². The molecule has 0 aromatic rings. The number of carbonyl (C=O) groups excluding carboxylic acids is 1. The number of rotatable bonds is 3. The summed E-state index contributed by atoms with van der Waals surface area (Å²) in [6.07, 6.45) is 8.82. The molecule has 17 heavy (non-hydrogen) atoms. The van der Waals surface area contributed by atoms with Crippen LogP contribution in [0.1, 0.15) is 45.4 Å². The van der Waals surface area contributed by atoms with Crippen LogP contribution in [0.15, 0.2) is 12.7 Å². The molecule has 0 spiro atoms. The molecule has 2 heteroatoms. The quantitative estimate of drug-likeness (QED) is 0.553. The minimum Gasteiger partial charge on any atom is -0.456 e. The van der Waals surface area contributed by atoms with Gasteiger partial charge in [-0.15, -0.1) is 0 Å². The third-order valence-electron chi connectivity index (χ3n) is 5.36. The van der Waals surface area contributed by atoms with Gasteiger partial charge in [0.2, 0.25) is 0 Å². The summed E-state index contributed by atoms with van der Waals surface area (Å²) in [6.45, 7) is 5.78. The highest BCUT2D eigenvalue weighted by atomic mass is 16.6. The van der Waals surface area contributed by atoms with Gasteiger partial charge >= 0.3 is 5.97 Å². The van der Waals surface area contributed by atoms with Gasteiger partial charge in [0.25, 0.3) is 0 Å². The van der Waals surface area contributed by atoms with E-state index in [1.807, 2.05) is 0 Å². The van der Waals surface area contributed by atoms with E-state index in [0.717, 1.165) is 37.0 Å². The van der Waals surface area contributed by atoms with E-state index in [-0.39, 0.29) is 11.6 Å². The Morgan fingerprint density at radius 1 is 1.35 bits per heavy atom. The molecular weight excluding hydrogens is 212 g/mol. The molecule has 3 unspecified atom stereocenters. The second-order valence-corrected chi connectivity index (χ2v) is 6.31. The molecule has 0 radical (unpaired) electrons. The van der Waals surface area contributed by atoms with Crippen LogP contribution >= 0.6 is 0 Å². The molecule has 4 bridgehead atoms. The number of hydrogen-bond acceptors (Lipinski definition) is 2. The lowest BCUT2D eigenvalue weighted by Crippen LogP contribution is -2.58. The second kappa shape index (κ2) is 3.86. The summed E-state index contributed by atoms with van der Waals surface area (Å²) >= 11 is 0. The highest BCUT2D eigenvalue weighted by Crippen LogP contribution is 2.60.